The number of rotatable bonds is 10. The number of hydrogen-bond donors (Lipinski definition) is 1. The number of hydrogen-bond acceptors (Lipinski definition) is 3. The minimum atomic E-state index is -0.509. The van der Waals surface area contributed by atoms with E-state index in [1.807, 2.05) is 64.1 Å². The molecule has 0 bridgehead atoms. The Kier molecular flexibility index (Phi) is 10.4. The van der Waals surface area contributed by atoms with Gasteiger partial charge in [-0.15, -0.1) is 11.8 Å². The topological polar surface area (TPSA) is 49.4 Å². The zero-order chi connectivity index (χ0) is 23.7. The van der Waals surface area contributed by atoms with Gasteiger partial charge in [-0.2, -0.15) is 0 Å². The first-order chi connectivity index (χ1) is 15.1. The van der Waals surface area contributed by atoms with Gasteiger partial charge in [0.2, 0.25) is 11.8 Å². The number of nitrogens with one attached hydrogen (secondary N) is 1. The minimum Gasteiger partial charge on any atom is -0.350 e. The lowest BCUT2D eigenvalue weighted by Gasteiger charge is -2.33. The SMILES string of the molecule is CC[C@@H](C(=O)NC(C)(C)C)N(CCc1ccccc1)C(=O)CSCc1ccc(Cl)cc1Cl. The van der Waals surface area contributed by atoms with E-state index < -0.39 is 6.04 Å². The largest absolute Gasteiger partial charge is 0.350 e. The summed E-state index contributed by atoms with van der Waals surface area (Å²) in [5.74, 6) is 0.700. The van der Waals surface area contributed by atoms with Crippen molar-refractivity contribution in [2.24, 2.45) is 0 Å². The van der Waals surface area contributed by atoms with Gasteiger partial charge in [0.25, 0.3) is 0 Å². The molecule has 32 heavy (non-hydrogen) atoms. The molecule has 0 radical (unpaired) electrons. The maximum Gasteiger partial charge on any atom is 0.243 e. The Bertz CT molecular complexity index is 901. The van der Waals surface area contributed by atoms with Gasteiger partial charge in [0.05, 0.1) is 5.75 Å². The smallest absolute Gasteiger partial charge is 0.243 e. The molecule has 1 atom stereocenters. The average Bonchev–Trinajstić information content (AvgIpc) is 2.72. The lowest BCUT2D eigenvalue weighted by Crippen LogP contribution is -2.54. The maximum atomic E-state index is 13.2. The number of amides is 2. The fraction of sp³-hybridized carbons (Fsp3) is 0.440. The van der Waals surface area contributed by atoms with E-state index in [0.29, 0.717) is 35.2 Å². The zero-order valence-corrected chi connectivity index (χ0v) is 21.5. The van der Waals surface area contributed by atoms with E-state index in [2.05, 4.69) is 5.32 Å². The lowest BCUT2D eigenvalue weighted by atomic mass is 10.1. The standard InChI is InChI=1S/C25H32Cl2N2O2S/c1-5-22(24(31)28-25(2,3)4)29(14-13-18-9-7-6-8-10-18)23(30)17-32-16-19-11-12-20(26)15-21(19)27/h6-12,15,22H,5,13-14,16-17H2,1-4H3,(H,28,31)/t22-/m0/s1. The Labute approximate surface area is 206 Å². The molecule has 7 heteroatoms. The molecule has 0 unspecified atom stereocenters. The van der Waals surface area contributed by atoms with Crippen LogP contribution >= 0.6 is 35.0 Å². The van der Waals surface area contributed by atoms with E-state index in [9.17, 15) is 9.59 Å². The Hall–Kier alpha value is -1.69. The molecule has 2 amide bonds. The molecule has 2 rings (SSSR count). The van der Waals surface area contributed by atoms with Gasteiger partial charge in [0, 0.05) is 27.9 Å². The highest BCUT2D eigenvalue weighted by Crippen LogP contribution is 2.25. The summed E-state index contributed by atoms with van der Waals surface area (Å²) in [5.41, 5.74) is 1.71. The molecule has 0 fully saturated rings. The molecule has 0 aliphatic rings. The summed E-state index contributed by atoms with van der Waals surface area (Å²) in [4.78, 5) is 27.9. The third-order valence-corrected chi connectivity index (χ3v) is 6.42. The molecule has 2 aromatic rings. The monoisotopic (exact) mass is 494 g/mol. The third-order valence-electron chi connectivity index (χ3n) is 4.87. The number of nitrogens with zero attached hydrogens (tertiary/aromatic N) is 1. The summed E-state index contributed by atoms with van der Waals surface area (Å²) in [6, 6.07) is 14.9. The van der Waals surface area contributed by atoms with Crippen LogP contribution in [0.4, 0.5) is 0 Å². The molecule has 0 aliphatic carbocycles. The number of thioether (sulfide) groups is 1. The quantitative estimate of drug-likeness (QED) is 0.441. The molecule has 0 saturated heterocycles. The summed E-state index contributed by atoms with van der Waals surface area (Å²) in [6.07, 6.45) is 1.25. The van der Waals surface area contributed by atoms with E-state index in [-0.39, 0.29) is 23.1 Å². The average molecular weight is 496 g/mol. The zero-order valence-electron chi connectivity index (χ0n) is 19.2. The number of halogens is 2. The highest BCUT2D eigenvalue weighted by atomic mass is 35.5. The summed E-state index contributed by atoms with van der Waals surface area (Å²) < 4.78 is 0. The Morgan fingerprint density at radius 2 is 1.78 bits per heavy atom. The fourth-order valence-corrected chi connectivity index (χ4v) is 4.79. The van der Waals surface area contributed by atoms with Crippen LogP contribution in [0.15, 0.2) is 48.5 Å². The van der Waals surface area contributed by atoms with E-state index in [1.54, 1.807) is 17.0 Å². The van der Waals surface area contributed by atoms with Crippen molar-refractivity contribution in [3.8, 4) is 0 Å². The van der Waals surface area contributed by atoms with Crippen LogP contribution in [0, 0.1) is 0 Å². The lowest BCUT2D eigenvalue weighted by molar-refractivity contribution is -0.139. The molecule has 174 valence electrons. The normalized spacial score (nSPS) is 12.3. The molecular weight excluding hydrogens is 463 g/mol. The number of benzene rings is 2. The highest BCUT2D eigenvalue weighted by Gasteiger charge is 2.30. The van der Waals surface area contributed by atoms with Crippen molar-refractivity contribution in [2.75, 3.05) is 12.3 Å². The second-order valence-corrected chi connectivity index (χ2v) is 10.5. The molecular formula is C25H32Cl2N2O2S. The van der Waals surface area contributed by atoms with E-state index in [0.717, 1.165) is 11.1 Å². The minimum absolute atomic E-state index is 0.0491. The van der Waals surface area contributed by atoms with Crippen LogP contribution in [0.5, 0.6) is 0 Å². The number of carbonyl (C=O) groups excluding carboxylic acids is 2. The van der Waals surface area contributed by atoms with Crippen LogP contribution in [0.3, 0.4) is 0 Å². The fourth-order valence-electron chi connectivity index (χ4n) is 3.32. The Balaban J connectivity index is 2.10. The van der Waals surface area contributed by atoms with Gasteiger partial charge in [-0.3, -0.25) is 9.59 Å². The van der Waals surface area contributed by atoms with Crippen LogP contribution in [-0.2, 0) is 21.8 Å². The Morgan fingerprint density at radius 3 is 2.38 bits per heavy atom. The van der Waals surface area contributed by atoms with Crippen molar-refractivity contribution >= 4 is 46.8 Å². The van der Waals surface area contributed by atoms with Gasteiger partial charge >= 0.3 is 0 Å². The van der Waals surface area contributed by atoms with Crippen LogP contribution in [-0.4, -0.2) is 40.6 Å². The second-order valence-electron chi connectivity index (χ2n) is 8.71. The second kappa shape index (κ2) is 12.5. The summed E-state index contributed by atoms with van der Waals surface area (Å²) in [7, 11) is 0. The number of carbonyl (C=O) groups is 2. The molecule has 0 aromatic heterocycles. The van der Waals surface area contributed by atoms with Crippen LogP contribution < -0.4 is 5.32 Å². The molecule has 1 N–H and O–H groups in total. The first kappa shape index (κ1) is 26.6. The summed E-state index contributed by atoms with van der Waals surface area (Å²) >= 11 is 13.7. The van der Waals surface area contributed by atoms with Crippen LogP contribution in [0.1, 0.15) is 45.2 Å². The van der Waals surface area contributed by atoms with Crippen molar-refractivity contribution in [2.45, 2.75) is 57.9 Å². The predicted octanol–water partition coefficient (Wildman–Crippen LogP) is 5.99. The first-order valence-corrected chi connectivity index (χ1v) is 12.7. The van der Waals surface area contributed by atoms with Gasteiger partial charge in [-0.25, -0.2) is 0 Å². The van der Waals surface area contributed by atoms with Gasteiger partial charge in [0.15, 0.2) is 0 Å². The van der Waals surface area contributed by atoms with E-state index in [4.69, 9.17) is 23.2 Å². The van der Waals surface area contributed by atoms with Gasteiger partial charge in [-0.1, -0.05) is 66.5 Å². The van der Waals surface area contributed by atoms with Crippen molar-refractivity contribution in [1.82, 2.24) is 10.2 Å². The van der Waals surface area contributed by atoms with Crippen molar-refractivity contribution in [3.05, 3.63) is 69.7 Å². The van der Waals surface area contributed by atoms with E-state index in [1.165, 1.54) is 11.8 Å². The van der Waals surface area contributed by atoms with Crippen LogP contribution in [0.25, 0.3) is 0 Å². The van der Waals surface area contributed by atoms with Crippen molar-refractivity contribution in [3.63, 3.8) is 0 Å². The summed E-state index contributed by atoms with van der Waals surface area (Å²) in [5, 5.41) is 4.21. The Morgan fingerprint density at radius 1 is 1.09 bits per heavy atom. The first-order valence-electron chi connectivity index (χ1n) is 10.8. The van der Waals surface area contributed by atoms with Gasteiger partial charge in [0.1, 0.15) is 6.04 Å². The molecule has 0 saturated carbocycles. The molecule has 2 aromatic carbocycles. The van der Waals surface area contributed by atoms with Crippen molar-refractivity contribution < 1.29 is 9.59 Å². The van der Waals surface area contributed by atoms with E-state index >= 15 is 0 Å². The maximum absolute atomic E-state index is 13.2. The third kappa shape index (κ3) is 8.68. The predicted molar refractivity (Wildman–Crippen MR) is 136 cm³/mol. The highest BCUT2D eigenvalue weighted by molar-refractivity contribution is 7.99. The van der Waals surface area contributed by atoms with Crippen LogP contribution in [0.2, 0.25) is 10.0 Å². The van der Waals surface area contributed by atoms with Crippen molar-refractivity contribution in [1.29, 1.82) is 0 Å². The molecule has 4 nitrogen and oxygen atoms in total. The van der Waals surface area contributed by atoms with Gasteiger partial charge < -0.3 is 10.2 Å². The molecule has 0 aliphatic heterocycles. The summed E-state index contributed by atoms with van der Waals surface area (Å²) in [6.45, 7) is 8.26. The molecule has 0 spiro atoms. The van der Waals surface area contributed by atoms with Gasteiger partial charge in [-0.05, 0) is 56.9 Å². The molecule has 0 heterocycles.